The highest BCUT2D eigenvalue weighted by atomic mass is 32.1. The Labute approximate surface area is 187 Å². The van der Waals surface area contributed by atoms with E-state index in [1.54, 1.807) is 53.6 Å². The number of carbonyl (C=O) groups excluding carboxylic acids is 2. The fraction of sp³-hybridized carbons (Fsp3) is 0.320. The molecule has 0 aliphatic carbocycles. The van der Waals surface area contributed by atoms with E-state index in [0.29, 0.717) is 25.2 Å². The van der Waals surface area contributed by atoms with Gasteiger partial charge < -0.3 is 9.80 Å². The quantitative estimate of drug-likeness (QED) is 0.601. The molecule has 1 aliphatic heterocycles. The number of rotatable bonds is 5. The zero-order chi connectivity index (χ0) is 21.8. The summed E-state index contributed by atoms with van der Waals surface area (Å²) in [5.41, 5.74) is 2.09. The lowest BCUT2D eigenvalue weighted by Gasteiger charge is -2.43. The Morgan fingerprint density at radius 1 is 1.10 bits per heavy atom. The van der Waals surface area contributed by atoms with Crippen molar-refractivity contribution < 1.29 is 9.59 Å². The Morgan fingerprint density at radius 2 is 1.90 bits per heavy atom. The van der Waals surface area contributed by atoms with Gasteiger partial charge in [-0.25, -0.2) is 0 Å². The molecule has 1 atom stereocenters. The molecule has 2 aromatic heterocycles. The van der Waals surface area contributed by atoms with Crippen molar-refractivity contribution in [1.82, 2.24) is 14.8 Å². The summed E-state index contributed by atoms with van der Waals surface area (Å²) in [5.74, 6) is -0.0300. The lowest BCUT2D eigenvalue weighted by molar-refractivity contribution is -0.142. The monoisotopic (exact) mass is 433 g/mol. The number of thiophene rings is 1. The Morgan fingerprint density at radius 3 is 2.55 bits per heavy atom. The van der Waals surface area contributed by atoms with E-state index < -0.39 is 5.41 Å². The number of amides is 2. The molecule has 6 heteroatoms. The summed E-state index contributed by atoms with van der Waals surface area (Å²) >= 11 is 1.72. The fourth-order valence-electron chi connectivity index (χ4n) is 4.45. The van der Waals surface area contributed by atoms with Gasteiger partial charge in [0.25, 0.3) is 5.91 Å². The average Bonchev–Trinajstić information content (AvgIpc) is 3.34. The van der Waals surface area contributed by atoms with Crippen LogP contribution in [0.5, 0.6) is 0 Å². The molecule has 4 rings (SSSR count). The van der Waals surface area contributed by atoms with Crippen molar-refractivity contribution in [3.63, 3.8) is 0 Å². The Hall–Kier alpha value is -2.99. The summed E-state index contributed by atoms with van der Waals surface area (Å²) in [6.45, 7) is 1.06. The van der Waals surface area contributed by atoms with E-state index in [-0.39, 0.29) is 11.8 Å². The van der Waals surface area contributed by atoms with Crippen molar-refractivity contribution in [3.8, 4) is 10.4 Å². The number of aromatic nitrogens is 1. The number of carbonyl (C=O) groups is 2. The normalized spacial score (nSPS) is 18.6. The van der Waals surface area contributed by atoms with Gasteiger partial charge in [0.1, 0.15) is 5.69 Å². The molecule has 160 valence electrons. The van der Waals surface area contributed by atoms with E-state index in [1.807, 2.05) is 12.1 Å². The highest BCUT2D eigenvalue weighted by molar-refractivity contribution is 7.13. The number of benzene rings is 1. The predicted octanol–water partition coefficient (Wildman–Crippen LogP) is 4.36. The van der Waals surface area contributed by atoms with Gasteiger partial charge in [0, 0.05) is 38.3 Å². The number of hydrogen-bond acceptors (Lipinski definition) is 4. The molecule has 0 spiro atoms. The number of hydrogen-bond donors (Lipinski definition) is 0. The third-order valence-corrected chi connectivity index (χ3v) is 6.83. The number of pyridine rings is 1. The highest BCUT2D eigenvalue weighted by Gasteiger charge is 2.44. The van der Waals surface area contributed by atoms with E-state index in [0.717, 1.165) is 18.4 Å². The van der Waals surface area contributed by atoms with Gasteiger partial charge in [-0.05, 0) is 54.0 Å². The maximum absolute atomic E-state index is 13.4. The molecule has 0 bridgehead atoms. The van der Waals surface area contributed by atoms with Crippen LogP contribution in [0.3, 0.4) is 0 Å². The van der Waals surface area contributed by atoms with E-state index >= 15 is 0 Å². The topological polar surface area (TPSA) is 53.5 Å². The molecule has 1 fully saturated rings. The summed E-state index contributed by atoms with van der Waals surface area (Å²) in [6, 6.07) is 18.0. The molecular weight excluding hydrogens is 406 g/mol. The summed E-state index contributed by atoms with van der Waals surface area (Å²) in [5, 5.41) is 2.07. The predicted molar refractivity (Wildman–Crippen MR) is 124 cm³/mol. The second kappa shape index (κ2) is 9.02. The molecule has 1 aromatic carbocycles. The number of likely N-dealkylation sites (tertiary alicyclic amines) is 1. The first-order valence-corrected chi connectivity index (χ1v) is 11.4. The number of nitrogens with zero attached hydrogens (tertiary/aromatic N) is 3. The van der Waals surface area contributed by atoms with Crippen molar-refractivity contribution in [1.29, 1.82) is 0 Å². The van der Waals surface area contributed by atoms with Crippen molar-refractivity contribution >= 4 is 23.2 Å². The van der Waals surface area contributed by atoms with Gasteiger partial charge in [0.15, 0.2) is 0 Å². The Kier molecular flexibility index (Phi) is 6.18. The molecule has 0 N–H and O–H groups in total. The van der Waals surface area contributed by atoms with E-state index in [1.165, 1.54) is 10.4 Å². The van der Waals surface area contributed by atoms with Crippen LogP contribution in [-0.4, -0.2) is 53.8 Å². The standard InChI is InChI=1S/C25H27N3O2S/c1-27(2)24(30)25(17-19-9-11-20(12-10-19)22-8-5-16-31-22)13-6-15-28(18-25)23(29)21-7-3-4-14-26-21/h3-5,7-12,14,16H,6,13,15,17-18H2,1-2H3/t25-/m1/s1. The van der Waals surface area contributed by atoms with Crippen LogP contribution in [0.1, 0.15) is 28.9 Å². The van der Waals surface area contributed by atoms with Gasteiger partial charge in [-0.1, -0.05) is 36.4 Å². The van der Waals surface area contributed by atoms with Gasteiger partial charge >= 0.3 is 0 Å². The van der Waals surface area contributed by atoms with Crippen LogP contribution in [0.25, 0.3) is 10.4 Å². The minimum Gasteiger partial charge on any atom is -0.348 e. The molecule has 0 radical (unpaired) electrons. The van der Waals surface area contributed by atoms with E-state index in [4.69, 9.17) is 0 Å². The second-order valence-corrected chi connectivity index (χ2v) is 9.32. The van der Waals surface area contributed by atoms with Gasteiger partial charge in [-0.15, -0.1) is 11.3 Å². The molecule has 3 aromatic rings. The van der Waals surface area contributed by atoms with Crippen molar-refractivity contribution in [2.24, 2.45) is 5.41 Å². The van der Waals surface area contributed by atoms with Crippen LogP contribution in [-0.2, 0) is 11.2 Å². The van der Waals surface area contributed by atoms with Crippen molar-refractivity contribution in [3.05, 3.63) is 77.4 Å². The minimum absolute atomic E-state index is 0.0772. The first-order valence-electron chi connectivity index (χ1n) is 10.5. The zero-order valence-corrected chi connectivity index (χ0v) is 18.8. The van der Waals surface area contributed by atoms with Gasteiger partial charge in [-0.3, -0.25) is 14.6 Å². The lowest BCUT2D eigenvalue weighted by atomic mass is 9.73. The third-order valence-electron chi connectivity index (χ3n) is 5.91. The second-order valence-electron chi connectivity index (χ2n) is 8.38. The summed E-state index contributed by atoms with van der Waals surface area (Å²) < 4.78 is 0. The molecule has 5 nitrogen and oxygen atoms in total. The highest BCUT2D eigenvalue weighted by Crippen LogP contribution is 2.36. The summed E-state index contributed by atoms with van der Waals surface area (Å²) in [7, 11) is 3.59. The van der Waals surface area contributed by atoms with Crippen LogP contribution in [0, 0.1) is 5.41 Å². The minimum atomic E-state index is -0.628. The zero-order valence-electron chi connectivity index (χ0n) is 18.0. The Balaban J connectivity index is 1.59. The maximum Gasteiger partial charge on any atom is 0.272 e. The molecule has 1 aliphatic rings. The van der Waals surface area contributed by atoms with Crippen molar-refractivity contribution in [2.75, 3.05) is 27.2 Å². The van der Waals surface area contributed by atoms with E-state index in [9.17, 15) is 9.59 Å². The molecule has 0 unspecified atom stereocenters. The molecule has 1 saturated heterocycles. The van der Waals surface area contributed by atoms with Gasteiger partial charge in [-0.2, -0.15) is 0 Å². The average molecular weight is 434 g/mol. The first-order chi connectivity index (χ1) is 15.0. The van der Waals surface area contributed by atoms with Crippen LogP contribution < -0.4 is 0 Å². The smallest absolute Gasteiger partial charge is 0.272 e. The molecule has 0 saturated carbocycles. The fourth-order valence-corrected chi connectivity index (χ4v) is 5.18. The first kappa shape index (κ1) is 21.2. The SMILES string of the molecule is CN(C)C(=O)[C@@]1(Cc2ccc(-c3cccs3)cc2)CCCN(C(=O)c2ccccn2)C1. The van der Waals surface area contributed by atoms with Crippen molar-refractivity contribution in [2.45, 2.75) is 19.3 Å². The lowest BCUT2D eigenvalue weighted by Crippen LogP contribution is -2.54. The summed E-state index contributed by atoms with van der Waals surface area (Å²) in [4.78, 5) is 35.3. The summed E-state index contributed by atoms with van der Waals surface area (Å²) in [6.07, 6.45) is 3.80. The van der Waals surface area contributed by atoms with Crippen LogP contribution >= 0.6 is 11.3 Å². The van der Waals surface area contributed by atoms with E-state index in [2.05, 4.69) is 40.7 Å². The molecule has 2 amide bonds. The van der Waals surface area contributed by atoms with Gasteiger partial charge in [0.05, 0.1) is 5.41 Å². The van der Waals surface area contributed by atoms with Crippen LogP contribution in [0.4, 0.5) is 0 Å². The van der Waals surface area contributed by atoms with Crippen LogP contribution in [0.2, 0.25) is 0 Å². The molecule has 31 heavy (non-hydrogen) atoms. The number of piperidine rings is 1. The molecule has 3 heterocycles. The maximum atomic E-state index is 13.4. The van der Waals surface area contributed by atoms with Gasteiger partial charge in [0.2, 0.25) is 5.91 Å². The third kappa shape index (κ3) is 4.54. The Bertz CT molecular complexity index is 1030. The largest absolute Gasteiger partial charge is 0.348 e. The molecular formula is C25H27N3O2S. The van der Waals surface area contributed by atoms with Crippen LogP contribution in [0.15, 0.2) is 66.2 Å².